The van der Waals surface area contributed by atoms with E-state index >= 15 is 0 Å². The summed E-state index contributed by atoms with van der Waals surface area (Å²) in [7, 11) is -3.78. The average Bonchev–Trinajstić information content (AvgIpc) is 2.36. The number of rotatable bonds is 2. The predicted molar refractivity (Wildman–Crippen MR) is 81.6 cm³/mol. The van der Waals surface area contributed by atoms with Gasteiger partial charge in [0.1, 0.15) is 0 Å². The summed E-state index contributed by atoms with van der Waals surface area (Å²) in [5.74, 6) is -0.200. The lowest BCUT2D eigenvalue weighted by molar-refractivity contribution is -0.110. The molecule has 1 aliphatic carbocycles. The van der Waals surface area contributed by atoms with Crippen LogP contribution >= 0.6 is 15.9 Å². The van der Waals surface area contributed by atoms with Crippen molar-refractivity contribution in [1.82, 2.24) is 0 Å². The van der Waals surface area contributed by atoms with Gasteiger partial charge in [0.25, 0.3) is 10.0 Å². The number of sulfonamides is 1. The quantitative estimate of drug-likeness (QED) is 0.767. The molecule has 0 N–H and O–H groups in total. The van der Waals surface area contributed by atoms with Crippen molar-refractivity contribution in [2.45, 2.75) is 18.7 Å². The van der Waals surface area contributed by atoms with Crippen LogP contribution in [0.5, 0.6) is 0 Å². The van der Waals surface area contributed by atoms with Crippen LogP contribution < -0.4 is 0 Å². The average molecular weight is 354 g/mol. The van der Waals surface area contributed by atoms with E-state index in [-0.39, 0.29) is 16.4 Å². The smallest absolute Gasteiger partial charge is 0.282 e. The zero-order chi connectivity index (χ0) is 14.9. The molecule has 0 saturated heterocycles. The molecule has 0 fully saturated rings. The third kappa shape index (κ3) is 3.13. The zero-order valence-electron chi connectivity index (χ0n) is 10.9. The Balaban J connectivity index is 2.46. The molecule has 0 heterocycles. The molecule has 0 atom stereocenters. The third-order valence-corrected chi connectivity index (χ3v) is 4.71. The maximum absolute atomic E-state index is 12.2. The van der Waals surface area contributed by atoms with Crippen LogP contribution in [0.2, 0.25) is 0 Å². The Labute approximate surface area is 126 Å². The highest BCUT2D eigenvalue weighted by molar-refractivity contribution is 9.12. The number of carbonyl (C=O) groups is 1. The molecule has 1 aromatic rings. The summed E-state index contributed by atoms with van der Waals surface area (Å²) >= 11 is 3.09. The van der Waals surface area contributed by atoms with E-state index in [2.05, 4.69) is 20.3 Å². The summed E-state index contributed by atoms with van der Waals surface area (Å²) in [6.07, 6.45) is 2.77. The van der Waals surface area contributed by atoms with Crippen molar-refractivity contribution in [3.63, 3.8) is 0 Å². The van der Waals surface area contributed by atoms with Crippen LogP contribution in [0.1, 0.15) is 12.5 Å². The maximum Gasteiger partial charge on any atom is 0.282 e. The molecule has 6 heteroatoms. The first-order chi connectivity index (χ1) is 9.29. The zero-order valence-corrected chi connectivity index (χ0v) is 13.3. The Bertz CT molecular complexity index is 756. The van der Waals surface area contributed by atoms with Crippen molar-refractivity contribution >= 4 is 37.4 Å². The fourth-order valence-corrected chi connectivity index (χ4v) is 3.01. The Morgan fingerprint density at radius 3 is 2.25 bits per heavy atom. The van der Waals surface area contributed by atoms with Gasteiger partial charge in [-0.05, 0) is 59.6 Å². The highest BCUT2D eigenvalue weighted by atomic mass is 79.9. The number of nitrogens with zero attached hydrogens (tertiary/aromatic N) is 1. The molecule has 0 spiro atoms. The molecule has 0 unspecified atom stereocenters. The lowest BCUT2D eigenvalue weighted by atomic mass is 10.1. The number of halogens is 1. The Kier molecular flexibility index (Phi) is 4.06. The second-order valence-electron chi connectivity index (χ2n) is 4.45. The Hall–Kier alpha value is -1.53. The van der Waals surface area contributed by atoms with Gasteiger partial charge in [-0.1, -0.05) is 17.7 Å². The molecule has 0 saturated carbocycles. The lowest BCUT2D eigenvalue weighted by Gasteiger charge is -2.08. The van der Waals surface area contributed by atoms with E-state index in [1.807, 2.05) is 6.92 Å². The summed E-state index contributed by atoms with van der Waals surface area (Å²) in [4.78, 5) is 11.6. The minimum atomic E-state index is -3.78. The fraction of sp³-hybridized carbons (Fsp3) is 0.143. The van der Waals surface area contributed by atoms with Crippen LogP contribution in [-0.2, 0) is 14.8 Å². The molecular weight excluding hydrogens is 342 g/mol. The van der Waals surface area contributed by atoms with E-state index in [0.29, 0.717) is 10.1 Å². The second kappa shape index (κ2) is 5.46. The molecule has 0 aromatic heterocycles. The Morgan fingerprint density at radius 1 is 1.05 bits per heavy atom. The van der Waals surface area contributed by atoms with Crippen molar-refractivity contribution < 1.29 is 13.2 Å². The summed E-state index contributed by atoms with van der Waals surface area (Å²) in [5.41, 5.74) is 1.75. The highest BCUT2D eigenvalue weighted by Crippen LogP contribution is 2.20. The lowest BCUT2D eigenvalue weighted by Crippen LogP contribution is -2.11. The molecule has 0 aliphatic heterocycles. The van der Waals surface area contributed by atoms with Gasteiger partial charge in [0.05, 0.1) is 15.1 Å². The van der Waals surface area contributed by atoms with E-state index in [1.165, 1.54) is 24.3 Å². The van der Waals surface area contributed by atoms with Gasteiger partial charge < -0.3 is 0 Å². The molecule has 2 rings (SSSR count). The first-order valence-corrected chi connectivity index (χ1v) is 8.05. The molecule has 0 amide bonds. The van der Waals surface area contributed by atoms with E-state index < -0.39 is 10.0 Å². The molecule has 1 aromatic carbocycles. The van der Waals surface area contributed by atoms with Crippen molar-refractivity contribution in [2.24, 2.45) is 4.40 Å². The maximum atomic E-state index is 12.2. The summed E-state index contributed by atoms with van der Waals surface area (Å²) in [6.45, 7) is 3.53. The van der Waals surface area contributed by atoms with Crippen molar-refractivity contribution in [3.05, 3.63) is 52.0 Å². The largest absolute Gasteiger partial charge is 0.289 e. The first kappa shape index (κ1) is 14.9. The SMILES string of the molecule is CC1=CC(=O)C(Br)=C/C1=N/S(=O)(=O)c1ccc(C)cc1. The van der Waals surface area contributed by atoms with E-state index in [4.69, 9.17) is 0 Å². The standard InChI is InChI=1S/C14H12BrNO3S/c1-9-3-5-11(6-4-9)20(18,19)16-13-8-12(15)14(17)7-10(13)2/h3-8H,1-2H3/b16-13-. The van der Waals surface area contributed by atoms with Crippen LogP contribution in [-0.4, -0.2) is 19.9 Å². The van der Waals surface area contributed by atoms with Crippen molar-refractivity contribution in [1.29, 1.82) is 0 Å². The number of hydrogen-bond acceptors (Lipinski definition) is 3. The van der Waals surface area contributed by atoms with Crippen molar-refractivity contribution in [3.8, 4) is 0 Å². The molecular formula is C14H12BrNO3S. The van der Waals surface area contributed by atoms with Gasteiger partial charge in [0, 0.05) is 0 Å². The monoisotopic (exact) mass is 353 g/mol. The van der Waals surface area contributed by atoms with Crippen LogP contribution in [0.15, 0.2) is 55.8 Å². The van der Waals surface area contributed by atoms with Crippen LogP contribution in [0.4, 0.5) is 0 Å². The molecule has 0 bridgehead atoms. The van der Waals surface area contributed by atoms with Crippen molar-refractivity contribution in [2.75, 3.05) is 0 Å². The number of carbonyl (C=O) groups excluding carboxylic acids is 1. The minimum absolute atomic E-state index is 0.129. The van der Waals surface area contributed by atoms with Gasteiger partial charge in [-0.3, -0.25) is 4.79 Å². The summed E-state index contributed by atoms with van der Waals surface area (Å²) in [5, 5.41) is 0. The number of allylic oxidation sites excluding steroid dienone is 4. The van der Waals surface area contributed by atoms with E-state index in [0.717, 1.165) is 5.56 Å². The van der Waals surface area contributed by atoms with Crippen LogP contribution in [0.3, 0.4) is 0 Å². The van der Waals surface area contributed by atoms with Crippen LogP contribution in [0, 0.1) is 6.92 Å². The third-order valence-electron chi connectivity index (χ3n) is 2.79. The van der Waals surface area contributed by atoms with Crippen LogP contribution in [0.25, 0.3) is 0 Å². The molecule has 20 heavy (non-hydrogen) atoms. The van der Waals surface area contributed by atoms with Gasteiger partial charge in [-0.25, -0.2) is 0 Å². The Morgan fingerprint density at radius 2 is 1.65 bits per heavy atom. The minimum Gasteiger partial charge on any atom is -0.289 e. The predicted octanol–water partition coefficient (Wildman–Crippen LogP) is 2.93. The fourth-order valence-electron chi connectivity index (χ4n) is 1.64. The number of hydrogen-bond donors (Lipinski definition) is 0. The molecule has 4 nitrogen and oxygen atoms in total. The number of aryl methyl sites for hydroxylation is 1. The van der Waals surface area contributed by atoms with Gasteiger partial charge in [0.2, 0.25) is 0 Å². The van der Waals surface area contributed by atoms with Gasteiger partial charge in [0.15, 0.2) is 5.78 Å². The second-order valence-corrected chi connectivity index (χ2v) is 6.91. The molecule has 104 valence electrons. The summed E-state index contributed by atoms with van der Waals surface area (Å²) < 4.78 is 28.5. The van der Waals surface area contributed by atoms with Gasteiger partial charge in [-0.2, -0.15) is 12.8 Å². The number of benzene rings is 1. The van der Waals surface area contributed by atoms with Gasteiger partial charge in [-0.15, -0.1) is 0 Å². The molecule has 0 radical (unpaired) electrons. The summed E-state index contributed by atoms with van der Waals surface area (Å²) in [6, 6.07) is 6.46. The first-order valence-electron chi connectivity index (χ1n) is 5.81. The number of ketones is 1. The normalized spacial score (nSPS) is 17.9. The van der Waals surface area contributed by atoms with Gasteiger partial charge >= 0.3 is 0 Å². The highest BCUT2D eigenvalue weighted by Gasteiger charge is 2.18. The topological polar surface area (TPSA) is 63.6 Å². The molecule has 1 aliphatic rings. The van der Waals surface area contributed by atoms with E-state index in [1.54, 1.807) is 19.1 Å². The van der Waals surface area contributed by atoms with E-state index in [9.17, 15) is 13.2 Å².